The molecule has 0 aliphatic rings. The van der Waals surface area contributed by atoms with Gasteiger partial charge in [-0.15, -0.1) is 0 Å². The lowest BCUT2D eigenvalue weighted by molar-refractivity contribution is -0.151. The van der Waals surface area contributed by atoms with E-state index in [1.807, 2.05) is 24.3 Å². The molecule has 1 rings (SSSR count). The van der Waals surface area contributed by atoms with E-state index in [2.05, 4.69) is 29.5 Å². The second-order valence-corrected chi connectivity index (χ2v) is 6.20. The van der Waals surface area contributed by atoms with Crippen LogP contribution in [0.3, 0.4) is 0 Å². The smallest absolute Gasteiger partial charge is 0.306 e. The molecule has 5 heteroatoms. The molecule has 1 aromatic carbocycles. The second kappa shape index (κ2) is 11.5. The van der Waals surface area contributed by atoms with Gasteiger partial charge < -0.3 is 9.47 Å². The quantitative estimate of drug-likeness (QED) is 0.324. The van der Waals surface area contributed by atoms with E-state index < -0.39 is 0 Å². The van der Waals surface area contributed by atoms with Gasteiger partial charge in [0.15, 0.2) is 0 Å². The number of rotatable bonds is 10. The van der Waals surface area contributed by atoms with Gasteiger partial charge in [0, 0.05) is 9.13 Å². The van der Waals surface area contributed by atoms with Gasteiger partial charge >= 0.3 is 11.9 Å². The molecule has 0 aliphatic carbocycles. The average molecular weight is 418 g/mol. The van der Waals surface area contributed by atoms with Crippen molar-refractivity contribution in [1.82, 2.24) is 0 Å². The summed E-state index contributed by atoms with van der Waals surface area (Å²) in [6, 6.07) is 7.71. The standard InChI is InChI=1S/C17H23IO4/c1-2-3-4-7-12-21-16(19)10-11-17(20)22-13-14-8-5-6-9-15(14)18/h5-6,8-9H,2-4,7,10-13H2,1H3. The van der Waals surface area contributed by atoms with Crippen molar-refractivity contribution in [1.29, 1.82) is 0 Å². The topological polar surface area (TPSA) is 52.6 Å². The monoisotopic (exact) mass is 418 g/mol. The highest BCUT2D eigenvalue weighted by Gasteiger charge is 2.10. The van der Waals surface area contributed by atoms with Crippen LogP contribution in [-0.4, -0.2) is 18.5 Å². The first-order valence-corrected chi connectivity index (χ1v) is 8.76. The molecule has 0 spiro atoms. The minimum atomic E-state index is -0.373. The van der Waals surface area contributed by atoms with E-state index in [-0.39, 0.29) is 31.4 Å². The van der Waals surface area contributed by atoms with E-state index in [1.54, 1.807) is 0 Å². The Hall–Kier alpha value is -1.11. The molecule has 0 bridgehead atoms. The Labute approximate surface area is 145 Å². The van der Waals surface area contributed by atoms with Gasteiger partial charge in [0.25, 0.3) is 0 Å². The third-order valence-electron chi connectivity index (χ3n) is 3.14. The van der Waals surface area contributed by atoms with E-state index in [4.69, 9.17) is 9.47 Å². The predicted octanol–water partition coefficient (Wildman–Crippen LogP) is 4.24. The van der Waals surface area contributed by atoms with Gasteiger partial charge in [0.05, 0.1) is 19.4 Å². The van der Waals surface area contributed by atoms with Crippen molar-refractivity contribution in [2.24, 2.45) is 0 Å². The van der Waals surface area contributed by atoms with Crippen LogP contribution >= 0.6 is 22.6 Å². The third-order valence-corrected chi connectivity index (χ3v) is 4.19. The lowest BCUT2D eigenvalue weighted by atomic mass is 10.2. The summed E-state index contributed by atoms with van der Waals surface area (Å²) in [6.45, 7) is 2.81. The highest BCUT2D eigenvalue weighted by molar-refractivity contribution is 14.1. The van der Waals surface area contributed by atoms with E-state index in [1.165, 1.54) is 0 Å². The zero-order chi connectivity index (χ0) is 16.2. The highest BCUT2D eigenvalue weighted by Crippen LogP contribution is 2.13. The summed E-state index contributed by atoms with van der Waals surface area (Å²) >= 11 is 2.20. The molecule has 0 saturated heterocycles. The number of esters is 2. The van der Waals surface area contributed by atoms with Crippen molar-refractivity contribution in [3.05, 3.63) is 33.4 Å². The van der Waals surface area contributed by atoms with Crippen LogP contribution in [-0.2, 0) is 25.7 Å². The number of hydrogen-bond acceptors (Lipinski definition) is 4. The molecule has 0 heterocycles. The van der Waals surface area contributed by atoms with Crippen LogP contribution in [0.2, 0.25) is 0 Å². The van der Waals surface area contributed by atoms with Crippen LogP contribution in [0.5, 0.6) is 0 Å². The normalized spacial score (nSPS) is 10.3. The molecule has 0 fully saturated rings. The first-order chi connectivity index (χ1) is 10.6. The molecule has 0 aromatic heterocycles. The number of ether oxygens (including phenoxy) is 2. The van der Waals surface area contributed by atoms with E-state index in [0.717, 1.165) is 34.8 Å². The minimum Gasteiger partial charge on any atom is -0.466 e. The third kappa shape index (κ3) is 8.36. The number of halogens is 1. The summed E-state index contributed by atoms with van der Waals surface area (Å²) in [7, 11) is 0. The van der Waals surface area contributed by atoms with E-state index >= 15 is 0 Å². The Morgan fingerprint density at radius 3 is 2.36 bits per heavy atom. The molecule has 0 atom stereocenters. The largest absolute Gasteiger partial charge is 0.466 e. The molecule has 0 amide bonds. The van der Waals surface area contributed by atoms with Crippen molar-refractivity contribution in [2.45, 2.75) is 52.1 Å². The van der Waals surface area contributed by atoms with Crippen LogP contribution in [0, 0.1) is 3.57 Å². The summed E-state index contributed by atoms with van der Waals surface area (Å²) in [5.74, 6) is -0.703. The summed E-state index contributed by atoms with van der Waals surface area (Å²) in [6.07, 6.45) is 4.41. The van der Waals surface area contributed by atoms with E-state index in [9.17, 15) is 9.59 Å². The van der Waals surface area contributed by atoms with Crippen molar-refractivity contribution in [3.63, 3.8) is 0 Å². The lowest BCUT2D eigenvalue weighted by Gasteiger charge is -2.07. The molecule has 0 N–H and O–H groups in total. The van der Waals surface area contributed by atoms with Crippen LogP contribution in [0.1, 0.15) is 51.0 Å². The number of unbranched alkanes of at least 4 members (excludes halogenated alkanes) is 3. The van der Waals surface area contributed by atoms with Crippen LogP contribution in [0.4, 0.5) is 0 Å². The predicted molar refractivity (Wildman–Crippen MR) is 93.3 cm³/mol. The first-order valence-electron chi connectivity index (χ1n) is 7.68. The summed E-state index contributed by atoms with van der Waals surface area (Å²) in [4.78, 5) is 23.1. The fourth-order valence-electron chi connectivity index (χ4n) is 1.84. The number of carbonyl (C=O) groups is 2. The maximum atomic E-state index is 11.6. The molecule has 0 saturated carbocycles. The molecule has 4 nitrogen and oxygen atoms in total. The number of carbonyl (C=O) groups excluding carboxylic acids is 2. The second-order valence-electron chi connectivity index (χ2n) is 5.03. The zero-order valence-corrected chi connectivity index (χ0v) is 15.1. The molecule has 0 aliphatic heterocycles. The summed E-state index contributed by atoms with van der Waals surface area (Å²) < 4.78 is 11.3. The molecule has 22 heavy (non-hydrogen) atoms. The van der Waals surface area contributed by atoms with Gasteiger partial charge in [0.2, 0.25) is 0 Å². The van der Waals surface area contributed by atoms with E-state index in [0.29, 0.717) is 6.61 Å². The van der Waals surface area contributed by atoms with Crippen LogP contribution in [0.25, 0.3) is 0 Å². The zero-order valence-electron chi connectivity index (χ0n) is 13.0. The first kappa shape index (κ1) is 18.9. The van der Waals surface area contributed by atoms with Gasteiger partial charge in [0.1, 0.15) is 6.61 Å². The van der Waals surface area contributed by atoms with Crippen molar-refractivity contribution in [2.75, 3.05) is 6.61 Å². The summed E-state index contributed by atoms with van der Waals surface area (Å²) in [5, 5.41) is 0. The molecular weight excluding hydrogens is 395 g/mol. The van der Waals surface area contributed by atoms with Gasteiger partial charge in [-0.3, -0.25) is 9.59 Å². The number of hydrogen-bond donors (Lipinski definition) is 0. The fourth-order valence-corrected chi connectivity index (χ4v) is 2.38. The molecule has 0 unspecified atom stereocenters. The fraction of sp³-hybridized carbons (Fsp3) is 0.529. The maximum Gasteiger partial charge on any atom is 0.306 e. The van der Waals surface area contributed by atoms with Gasteiger partial charge in [-0.2, -0.15) is 0 Å². The Morgan fingerprint density at radius 2 is 1.68 bits per heavy atom. The van der Waals surface area contributed by atoms with Crippen LogP contribution in [0.15, 0.2) is 24.3 Å². The van der Waals surface area contributed by atoms with Crippen molar-refractivity contribution >= 4 is 34.5 Å². The highest BCUT2D eigenvalue weighted by atomic mass is 127. The average Bonchev–Trinajstić information content (AvgIpc) is 2.52. The Balaban J connectivity index is 2.12. The van der Waals surface area contributed by atoms with Crippen molar-refractivity contribution in [3.8, 4) is 0 Å². The number of benzene rings is 1. The molecule has 122 valence electrons. The Bertz CT molecular complexity index is 473. The minimum absolute atomic E-state index is 0.0667. The molecule has 1 aromatic rings. The maximum absolute atomic E-state index is 11.6. The molecular formula is C17H23IO4. The Kier molecular flexibility index (Phi) is 9.86. The Morgan fingerprint density at radius 1 is 1.00 bits per heavy atom. The van der Waals surface area contributed by atoms with Gasteiger partial charge in [-0.1, -0.05) is 44.4 Å². The lowest BCUT2D eigenvalue weighted by Crippen LogP contribution is -2.11. The van der Waals surface area contributed by atoms with Gasteiger partial charge in [-0.25, -0.2) is 0 Å². The van der Waals surface area contributed by atoms with Gasteiger partial charge in [-0.05, 0) is 35.1 Å². The van der Waals surface area contributed by atoms with Crippen molar-refractivity contribution < 1.29 is 19.1 Å². The molecule has 0 radical (unpaired) electrons. The SMILES string of the molecule is CCCCCCOC(=O)CCC(=O)OCc1ccccc1I. The summed E-state index contributed by atoms with van der Waals surface area (Å²) in [5.41, 5.74) is 0.968. The van der Waals surface area contributed by atoms with Crippen LogP contribution < -0.4 is 0 Å².